The van der Waals surface area contributed by atoms with E-state index in [0.717, 1.165) is 30.5 Å². The predicted octanol–water partition coefficient (Wildman–Crippen LogP) is 2.07. The number of nitrogens with one attached hydrogen (secondary N) is 1. The lowest BCUT2D eigenvalue weighted by molar-refractivity contribution is 0.294. The summed E-state index contributed by atoms with van der Waals surface area (Å²) in [5, 5.41) is 12.6. The zero-order valence-corrected chi connectivity index (χ0v) is 10.4. The van der Waals surface area contributed by atoms with Gasteiger partial charge in [-0.3, -0.25) is 0 Å². The highest BCUT2D eigenvalue weighted by atomic mass is 32.1. The fourth-order valence-electron chi connectivity index (χ4n) is 1.17. The van der Waals surface area contributed by atoms with Gasteiger partial charge in [0, 0.05) is 6.54 Å². The van der Waals surface area contributed by atoms with Crippen LogP contribution in [0, 0.1) is 5.92 Å². The van der Waals surface area contributed by atoms with Crippen molar-refractivity contribution in [1.29, 1.82) is 0 Å². The van der Waals surface area contributed by atoms with Gasteiger partial charge in [-0.1, -0.05) is 25.2 Å². The normalized spacial score (nSPS) is 10.9. The molecule has 0 atom stereocenters. The predicted molar refractivity (Wildman–Crippen MR) is 62.2 cm³/mol. The summed E-state index contributed by atoms with van der Waals surface area (Å²) in [6, 6.07) is 0. The van der Waals surface area contributed by atoms with Crippen molar-refractivity contribution in [2.45, 2.75) is 33.2 Å². The maximum Gasteiger partial charge on any atom is 0.294 e. The van der Waals surface area contributed by atoms with Crippen LogP contribution >= 0.6 is 11.3 Å². The average molecular weight is 229 g/mol. The molecule has 15 heavy (non-hydrogen) atoms. The Kier molecular flexibility index (Phi) is 5.57. The largest absolute Gasteiger partial charge is 0.469 e. The van der Waals surface area contributed by atoms with E-state index in [-0.39, 0.29) is 0 Å². The van der Waals surface area contributed by atoms with Crippen LogP contribution in [-0.4, -0.2) is 23.9 Å². The monoisotopic (exact) mass is 229 g/mol. The summed E-state index contributed by atoms with van der Waals surface area (Å²) in [5.74, 6) is 0.739. The number of nitrogens with zero attached hydrogens (tertiary/aromatic N) is 2. The summed E-state index contributed by atoms with van der Waals surface area (Å²) in [6.07, 6.45) is 2.28. The maximum atomic E-state index is 5.50. The van der Waals surface area contributed by atoms with Gasteiger partial charge < -0.3 is 10.1 Å². The minimum Gasteiger partial charge on any atom is -0.469 e. The number of aromatic nitrogens is 2. The van der Waals surface area contributed by atoms with Crippen molar-refractivity contribution in [3.63, 3.8) is 0 Å². The van der Waals surface area contributed by atoms with Crippen LogP contribution in [0.15, 0.2) is 0 Å². The molecule has 1 aromatic rings. The molecule has 5 heteroatoms. The smallest absolute Gasteiger partial charge is 0.294 e. The molecule has 0 aromatic carbocycles. The SMILES string of the molecule is CNCc1nnc(OCCCC(C)C)s1. The highest BCUT2D eigenvalue weighted by Gasteiger charge is 2.03. The van der Waals surface area contributed by atoms with E-state index in [1.165, 1.54) is 17.8 Å². The van der Waals surface area contributed by atoms with Gasteiger partial charge >= 0.3 is 0 Å². The first-order valence-electron chi connectivity index (χ1n) is 5.32. The van der Waals surface area contributed by atoms with Crippen molar-refractivity contribution in [2.75, 3.05) is 13.7 Å². The molecule has 0 unspecified atom stereocenters. The van der Waals surface area contributed by atoms with Gasteiger partial charge in [-0.25, -0.2) is 0 Å². The first-order valence-corrected chi connectivity index (χ1v) is 6.13. The van der Waals surface area contributed by atoms with Gasteiger partial charge in [0.15, 0.2) is 0 Å². The van der Waals surface area contributed by atoms with Gasteiger partial charge in [0.05, 0.1) is 6.61 Å². The Balaban J connectivity index is 2.19. The van der Waals surface area contributed by atoms with E-state index >= 15 is 0 Å². The second kappa shape index (κ2) is 6.74. The molecule has 0 aliphatic rings. The highest BCUT2D eigenvalue weighted by molar-refractivity contribution is 7.13. The zero-order valence-electron chi connectivity index (χ0n) is 9.62. The van der Waals surface area contributed by atoms with Crippen LogP contribution in [0.25, 0.3) is 0 Å². The lowest BCUT2D eigenvalue weighted by Crippen LogP contribution is -2.04. The van der Waals surface area contributed by atoms with Crippen molar-refractivity contribution in [3.8, 4) is 5.19 Å². The molecule has 0 spiro atoms. The molecule has 0 fully saturated rings. The van der Waals surface area contributed by atoms with Gasteiger partial charge in [-0.15, -0.1) is 10.2 Å². The van der Waals surface area contributed by atoms with E-state index < -0.39 is 0 Å². The highest BCUT2D eigenvalue weighted by Crippen LogP contribution is 2.18. The van der Waals surface area contributed by atoms with Crippen LogP contribution in [0.3, 0.4) is 0 Å². The summed E-state index contributed by atoms with van der Waals surface area (Å²) in [6.45, 7) is 5.94. The lowest BCUT2D eigenvalue weighted by Gasteiger charge is -2.03. The van der Waals surface area contributed by atoms with Crippen molar-refractivity contribution in [1.82, 2.24) is 15.5 Å². The van der Waals surface area contributed by atoms with Crippen molar-refractivity contribution < 1.29 is 4.74 Å². The molecule has 0 aliphatic heterocycles. The molecule has 1 heterocycles. The van der Waals surface area contributed by atoms with E-state index in [1.54, 1.807) is 0 Å². The molecule has 0 amide bonds. The standard InChI is InChI=1S/C10H19N3OS/c1-8(2)5-4-6-14-10-13-12-9(15-10)7-11-3/h8,11H,4-7H2,1-3H3. The summed E-state index contributed by atoms with van der Waals surface area (Å²) in [5.41, 5.74) is 0. The summed E-state index contributed by atoms with van der Waals surface area (Å²) < 4.78 is 5.50. The molecule has 1 rings (SSSR count). The average Bonchev–Trinajstić information content (AvgIpc) is 2.61. The molecule has 86 valence electrons. The van der Waals surface area contributed by atoms with Gasteiger partial charge in [-0.05, 0) is 25.8 Å². The van der Waals surface area contributed by atoms with Crippen LogP contribution in [0.5, 0.6) is 5.19 Å². The van der Waals surface area contributed by atoms with E-state index in [0.29, 0.717) is 5.19 Å². The van der Waals surface area contributed by atoms with Crippen molar-refractivity contribution in [3.05, 3.63) is 5.01 Å². The fraction of sp³-hybridized carbons (Fsp3) is 0.800. The fourth-order valence-corrected chi connectivity index (χ4v) is 1.89. The zero-order chi connectivity index (χ0) is 11.1. The van der Waals surface area contributed by atoms with Gasteiger partial charge in [-0.2, -0.15) is 0 Å². The van der Waals surface area contributed by atoms with Gasteiger partial charge in [0.1, 0.15) is 5.01 Å². The molecule has 1 N–H and O–H groups in total. The van der Waals surface area contributed by atoms with Crippen LogP contribution in [-0.2, 0) is 6.54 Å². The molecular weight excluding hydrogens is 210 g/mol. The number of ether oxygens (including phenoxy) is 1. The molecular formula is C10H19N3OS. The van der Waals surface area contributed by atoms with Crippen LogP contribution < -0.4 is 10.1 Å². The molecule has 0 aliphatic carbocycles. The van der Waals surface area contributed by atoms with E-state index in [1.807, 2.05) is 7.05 Å². The van der Waals surface area contributed by atoms with Crippen LogP contribution in [0.2, 0.25) is 0 Å². The molecule has 0 radical (unpaired) electrons. The maximum absolute atomic E-state index is 5.50. The van der Waals surface area contributed by atoms with E-state index in [4.69, 9.17) is 4.74 Å². The Morgan fingerprint density at radius 3 is 2.87 bits per heavy atom. The molecule has 4 nitrogen and oxygen atoms in total. The molecule has 0 saturated heterocycles. The van der Waals surface area contributed by atoms with Gasteiger partial charge in [0.2, 0.25) is 0 Å². The summed E-state index contributed by atoms with van der Waals surface area (Å²) >= 11 is 1.51. The Morgan fingerprint density at radius 2 is 2.20 bits per heavy atom. The Morgan fingerprint density at radius 1 is 1.40 bits per heavy atom. The topological polar surface area (TPSA) is 47.0 Å². The first kappa shape index (κ1) is 12.4. The van der Waals surface area contributed by atoms with E-state index in [9.17, 15) is 0 Å². The Bertz CT molecular complexity index is 275. The Hall–Kier alpha value is -0.680. The first-order chi connectivity index (χ1) is 7.22. The second-order valence-electron chi connectivity index (χ2n) is 3.88. The van der Waals surface area contributed by atoms with E-state index in [2.05, 4.69) is 29.4 Å². The third-order valence-electron chi connectivity index (χ3n) is 1.93. The molecule has 1 aromatic heterocycles. The quantitative estimate of drug-likeness (QED) is 0.727. The van der Waals surface area contributed by atoms with Crippen molar-refractivity contribution in [2.24, 2.45) is 5.92 Å². The summed E-state index contributed by atoms with van der Waals surface area (Å²) in [4.78, 5) is 0. The van der Waals surface area contributed by atoms with Crippen LogP contribution in [0.4, 0.5) is 0 Å². The molecule has 0 saturated carbocycles. The Labute approximate surface area is 95.1 Å². The second-order valence-corrected chi connectivity index (χ2v) is 4.90. The summed E-state index contributed by atoms with van der Waals surface area (Å²) in [7, 11) is 1.89. The third kappa shape index (κ3) is 5.09. The number of rotatable bonds is 7. The number of hydrogen-bond acceptors (Lipinski definition) is 5. The van der Waals surface area contributed by atoms with Gasteiger partial charge in [0.25, 0.3) is 5.19 Å². The third-order valence-corrected chi connectivity index (χ3v) is 2.76. The molecule has 0 bridgehead atoms. The van der Waals surface area contributed by atoms with Crippen molar-refractivity contribution >= 4 is 11.3 Å². The minimum atomic E-state index is 0.684. The lowest BCUT2D eigenvalue weighted by atomic mass is 10.1. The number of hydrogen-bond donors (Lipinski definition) is 1. The van der Waals surface area contributed by atoms with Crippen LogP contribution in [0.1, 0.15) is 31.7 Å². The minimum absolute atomic E-state index is 0.684.